The molecule has 4 aromatic heterocycles. The average Bonchev–Trinajstić information content (AvgIpc) is 3.77. The van der Waals surface area contributed by atoms with E-state index < -0.39 is 0 Å². The number of nitrogens with zero attached hydrogens (tertiary/aromatic N) is 4. The number of hydrogen-bond donors (Lipinski definition) is 0. The van der Waals surface area contributed by atoms with Gasteiger partial charge in [0.05, 0.1) is 34.2 Å². The Labute approximate surface area is 269 Å². The first-order valence-corrected chi connectivity index (χ1v) is 15.6. The van der Waals surface area contributed by atoms with Crippen molar-refractivity contribution >= 4 is 71.4 Å². The minimum absolute atomic E-state index is 0.595. The van der Waals surface area contributed by atoms with Crippen LogP contribution in [0, 0.1) is 6.57 Å². The number of rotatable bonds is 3. The number of furan rings is 1. The molecule has 0 aliphatic rings. The fourth-order valence-corrected chi connectivity index (χ4v) is 7.31. The molecule has 0 saturated carbocycles. The van der Waals surface area contributed by atoms with Crippen molar-refractivity contribution in [1.82, 2.24) is 14.1 Å². The Hall–Kier alpha value is -6.64. The van der Waals surface area contributed by atoms with Gasteiger partial charge in [-0.3, -0.25) is 4.98 Å². The van der Waals surface area contributed by atoms with Crippen molar-refractivity contribution in [2.24, 2.45) is 0 Å². The monoisotopic (exact) mass is 600 g/mol. The second kappa shape index (κ2) is 9.68. The van der Waals surface area contributed by atoms with Gasteiger partial charge in [-0.15, -0.1) is 0 Å². The molecule has 0 bridgehead atoms. The van der Waals surface area contributed by atoms with E-state index in [2.05, 4.69) is 117 Å². The summed E-state index contributed by atoms with van der Waals surface area (Å²) in [6.07, 6.45) is 1.85. The fraction of sp³-hybridized carbons (Fsp3) is 0. The predicted octanol–water partition coefficient (Wildman–Crippen LogP) is 11.4. The molecular formula is C42H24N4O. The molecule has 6 aromatic carbocycles. The molecule has 0 aliphatic carbocycles. The quantitative estimate of drug-likeness (QED) is 0.189. The fourth-order valence-electron chi connectivity index (χ4n) is 7.31. The maximum atomic E-state index is 7.99. The van der Waals surface area contributed by atoms with Crippen molar-refractivity contribution in [3.63, 3.8) is 0 Å². The van der Waals surface area contributed by atoms with E-state index in [1.807, 2.05) is 42.6 Å². The highest BCUT2D eigenvalue weighted by Crippen LogP contribution is 2.39. The van der Waals surface area contributed by atoms with E-state index in [1.54, 1.807) is 0 Å². The lowest BCUT2D eigenvalue weighted by Crippen LogP contribution is -1.96. The van der Waals surface area contributed by atoms with Gasteiger partial charge in [0.2, 0.25) is 0 Å². The van der Waals surface area contributed by atoms with Gasteiger partial charge >= 0.3 is 0 Å². The molecular weight excluding hydrogens is 576 g/mol. The van der Waals surface area contributed by atoms with E-state index in [9.17, 15) is 0 Å². The Balaban J connectivity index is 1.20. The largest absolute Gasteiger partial charge is 0.456 e. The summed E-state index contributed by atoms with van der Waals surface area (Å²) in [5.41, 5.74) is 11.5. The number of aromatic nitrogens is 3. The van der Waals surface area contributed by atoms with Crippen LogP contribution in [0.15, 0.2) is 150 Å². The van der Waals surface area contributed by atoms with Gasteiger partial charge in [0.1, 0.15) is 11.2 Å². The van der Waals surface area contributed by atoms with Crippen LogP contribution in [-0.2, 0) is 0 Å². The summed E-state index contributed by atoms with van der Waals surface area (Å²) in [6.45, 7) is 7.99. The Morgan fingerprint density at radius 2 is 1.19 bits per heavy atom. The normalized spacial score (nSPS) is 11.8. The van der Waals surface area contributed by atoms with Gasteiger partial charge < -0.3 is 13.6 Å². The highest BCUT2D eigenvalue weighted by molar-refractivity contribution is 6.16. The minimum Gasteiger partial charge on any atom is -0.456 e. The summed E-state index contributed by atoms with van der Waals surface area (Å²) in [5, 5.41) is 5.65. The van der Waals surface area contributed by atoms with Gasteiger partial charge in [0, 0.05) is 50.6 Å². The molecule has 0 radical (unpaired) electrons. The summed E-state index contributed by atoms with van der Waals surface area (Å²) < 4.78 is 10.8. The lowest BCUT2D eigenvalue weighted by atomic mass is 10.0. The topological polar surface area (TPSA) is 40.2 Å². The molecule has 218 valence electrons. The van der Waals surface area contributed by atoms with Gasteiger partial charge in [-0.2, -0.15) is 0 Å². The van der Waals surface area contributed by atoms with E-state index in [4.69, 9.17) is 16.0 Å². The standard InChI is InChI=1S/C42H24N4O/c1-43-28-20-27(22-30(23-28)46-36-15-5-2-12-31(36)32-13-3-6-16-37(32)46)26-10-8-11-29(21-26)45-38-17-9-19-44-42(38)35-24-34-33-14-4-7-18-40(33)47-41(34)25-39(35)45/h2-25H. The van der Waals surface area contributed by atoms with Crippen LogP contribution in [0.4, 0.5) is 5.69 Å². The molecule has 0 unspecified atom stereocenters. The van der Waals surface area contributed by atoms with Crippen molar-refractivity contribution < 1.29 is 4.42 Å². The Bertz CT molecular complexity index is 2880. The van der Waals surface area contributed by atoms with Crippen LogP contribution >= 0.6 is 0 Å². The van der Waals surface area contributed by atoms with Crippen LogP contribution in [0.2, 0.25) is 0 Å². The third-order valence-corrected chi connectivity index (χ3v) is 9.33. The molecule has 4 heterocycles. The van der Waals surface area contributed by atoms with Crippen molar-refractivity contribution in [2.45, 2.75) is 0 Å². The Kier molecular flexibility index (Phi) is 5.28. The summed E-state index contributed by atoms with van der Waals surface area (Å²) in [6, 6.07) is 48.2. The van der Waals surface area contributed by atoms with Crippen molar-refractivity contribution in [3.8, 4) is 22.5 Å². The van der Waals surface area contributed by atoms with E-state index in [0.717, 1.165) is 77.4 Å². The van der Waals surface area contributed by atoms with Gasteiger partial charge in [0.25, 0.3) is 0 Å². The lowest BCUT2D eigenvalue weighted by molar-refractivity contribution is 0.669. The maximum Gasteiger partial charge on any atom is 0.189 e. The smallest absolute Gasteiger partial charge is 0.189 e. The minimum atomic E-state index is 0.595. The van der Waals surface area contributed by atoms with Crippen LogP contribution in [-0.4, -0.2) is 14.1 Å². The molecule has 0 spiro atoms. The molecule has 10 aromatic rings. The van der Waals surface area contributed by atoms with Crippen molar-refractivity contribution in [1.29, 1.82) is 0 Å². The maximum absolute atomic E-state index is 7.99. The molecule has 5 nitrogen and oxygen atoms in total. The first kappa shape index (κ1) is 25.7. The Morgan fingerprint density at radius 1 is 0.489 bits per heavy atom. The predicted molar refractivity (Wildman–Crippen MR) is 192 cm³/mol. The highest BCUT2D eigenvalue weighted by atomic mass is 16.3. The molecule has 47 heavy (non-hydrogen) atoms. The second-order valence-electron chi connectivity index (χ2n) is 11.9. The first-order chi connectivity index (χ1) is 23.2. The Morgan fingerprint density at radius 3 is 2.00 bits per heavy atom. The summed E-state index contributed by atoms with van der Waals surface area (Å²) in [5.74, 6) is 0. The molecule has 0 N–H and O–H groups in total. The van der Waals surface area contributed by atoms with Gasteiger partial charge in [0.15, 0.2) is 5.69 Å². The van der Waals surface area contributed by atoms with E-state index in [0.29, 0.717) is 5.69 Å². The van der Waals surface area contributed by atoms with Crippen LogP contribution in [0.25, 0.3) is 93.0 Å². The van der Waals surface area contributed by atoms with Crippen LogP contribution < -0.4 is 0 Å². The van der Waals surface area contributed by atoms with Gasteiger partial charge in [-0.05, 0) is 77.9 Å². The zero-order chi connectivity index (χ0) is 31.1. The third kappa shape index (κ3) is 3.73. The summed E-state index contributed by atoms with van der Waals surface area (Å²) in [4.78, 5) is 8.73. The molecule has 0 aliphatic heterocycles. The van der Waals surface area contributed by atoms with Gasteiger partial charge in [-0.1, -0.05) is 66.7 Å². The van der Waals surface area contributed by atoms with Crippen LogP contribution in [0.1, 0.15) is 0 Å². The lowest BCUT2D eigenvalue weighted by Gasteiger charge is -2.13. The van der Waals surface area contributed by atoms with Gasteiger partial charge in [-0.25, -0.2) is 4.85 Å². The number of pyridine rings is 1. The van der Waals surface area contributed by atoms with Crippen molar-refractivity contribution in [2.75, 3.05) is 0 Å². The summed E-state index contributed by atoms with van der Waals surface area (Å²) >= 11 is 0. The molecule has 0 amide bonds. The molecule has 10 rings (SSSR count). The van der Waals surface area contributed by atoms with E-state index in [-0.39, 0.29) is 0 Å². The molecule has 0 fully saturated rings. The third-order valence-electron chi connectivity index (χ3n) is 9.33. The van der Waals surface area contributed by atoms with E-state index in [1.165, 1.54) is 10.8 Å². The van der Waals surface area contributed by atoms with E-state index >= 15 is 0 Å². The zero-order valence-corrected chi connectivity index (χ0v) is 25.1. The number of hydrogen-bond acceptors (Lipinski definition) is 2. The molecule has 5 heteroatoms. The molecule has 0 atom stereocenters. The number of fused-ring (bicyclic) bond motifs is 9. The van der Waals surface area contributed by atoms with Crippen LogP contribution in [0.5, 0.6) is 0 Å². The zero-order valence-electron chi connectivity index (χ0n) is 25.1. The second-order valence-corrected chi connectivity index (χ2v) is 11.9. The number of para-hydroxylation sites is 3. The van der Waals surface area contributed by atoms with Crippen molar-refractivity contribution in [3.05, 3.63) is 157 Å². The summed E-state index contributed by atoms with van der Waals surface area (Å²) in [7, 11) is 0. The average molecular weight is 601 g/mol. The SMILES string of the molecule is [C-]#[N+]c1cc(-c2cccc(-n3c4cc5oc6ccccc6c5cc4c4ncccc43)c2)cc(-n2c3ccccc3c3ccccc32)c1. The number of benzene rings is 6. The molecule has 0 saturated heterocycles. The highest BCUT2D eigenvalue weighted by Gasteiger charge is 2.18. The first-order valence-electron chi connectivity index (χ1n) is 15.6. The van der Waals surface area contributed by atoms with Crippen LogP contribution in [0.3, 0.4) is 0 Å².